The highest BCUT2D eigenvalue weighted by Crippen LogP contribution is 2.58. The van der Waals surface area contributed by atoms with E-state index in [1.807, 2.05) is 60.7 Å². The summed E-state index contributed by atoms with van der Waals surface area (Å²) in [6.45, 7) is 0. The lowest BCUT2D eigenvalue weighted by atomic mass is 9.51. The van der Waals surface area contributed by atoms with Crippen molar-refractivity contribution in [3.63, 3.8) is 0 Å². The maximum Gasteiger partial charge on any atom is 0.307 e. The van der Waals surface area contributed by atoms with Crippen LogP contribution in [-0.2, 0) is 9.59 Å². The molecule has 0 aliphatic heterocycles. The third-order valence-electron chi connectivity index (χ3n) is 4.76. The monoisotopic (exact) mass is 310 g/mol. The van der Waals surface area contributed by atoms with Crippen LogP contribution in [-0.4, -0.2) is 22.2 Å². The molecule has 1 aliphatic rings. The van der Waals surface area contributed by atoms with E-state index in [9.17, 15) is 19.8 Å². The summed E-state index contributed by atoms with van der Waals surface area (Å²) in [6.07, 6.45) is -0.0249. The molecule has 1 saturated carbocycles. The Morgan fingerprint density at radius 2 is 1.22 bits per heavy atom. The normalized spacial score (nSPS) is 26.3. The summed E-state index contributed by atoms with van der Waals surface area (Å²) in [4.78, 5) is 23.1. The highest BCUT2D eigenvalue weighted by Gasteiger charge is 2.55. The van der Waals surface area contributed by atoms with Gasteiger partial charge in [0.05, 0.1) is 5.92 Å². The van der Waals surface area contributed by atoms with E-state index in [1.165, 1.54) is 0 Å². The molecule has 0 aromatic heterocycles. The van der Waals surface area contributed by atoms with Gasteiger partial charge in [-0.2, -0.15) is 0 Å². The van der Waals surface area contributed by atoms with Crippen LogP contribution in [0, 0.1) is 11.8 Å². The number of carboxylic acid groups (broad SMARTS) is 2. The molecule has 0 heterocycles. The minimum absolute atomic E-state index is 0.0249. The van der Waals surface area contributed by atoms with Gasteiger partial charge in [0, 0.05) is 18.3 Å². The molecule has 1 aliphatic carbocycles. The summed E-state index contributed by atoms with van der Waals surface area (Å²) in [5.41, 5.74) is 1.80. The molecule has 0 bridgehead atoms. The zero-order chi connectivity index (χ0) is 16.4. The van der Waals surface area contributed by atoms with Crippen molar-refractivity contribution in [1.82, 2.24) is 0 Å². The van der Waals surface area contributed by atoms with Gasteiger partial charge in [0.2, 0.25) is 0 Å². The lowest BCUT2D eigenvalue weighted by molar-refractivity contribution is -0.153. The highest BCUT2D eigenvalue weighted by molar-refractivity contribution is 5.77. The average molecular weight is 310 g/mol. The quantitative estimate of drug-likeness (QED) is 0.888. The van der Waals surface area contributed by atoms with Gasteiger partial charge in [-0.25, -0.2) is 0 Å². The van der Waals surface area contributed by atoms with Gasteiger partial charge in [-0.1, -0.05) is 60.7 Å². The van der Waals surface area contributed by atoms with Gasteiger partial charge in [0.25, 0.3) is 0 Å². The van der Waals surface area contributed by atoms with Crippen LogP contribution in [0.1, 0.15) is 29.4 Å². The summed E-state index contributed by atoms with van der Waals surface area (Å²) in [6, 6.07) is 18.7. The van der Waals surface area contributed by atoms with E-state index in [4.69, 9.17) is 0 Å². The Morgan fingerprint density at radius 1 is 0.783 bits per heavy atom. The van der Waals surface area contributed by atoms with E-state index in [0.717, 1.165) is 11.1 Å². The fourth-order valence-corrected chi connectivity index (χ4v) is 3.86. The smallest absolute Gasteiger partial charge is 0.307 e. The molecule has 2 aromatic rings. The Balaban J connectivity index is 2.01. The van der Waals surface area contributed by atoms with Gasteiger partial charge >= 0.3 is 11.9 Å². The molecule has 2 unspecified atom stereocenters. The number of rotatable bonds is 5. The molecule has 23 heavy (non-hydrogen) atoms. The minimum Gasteiger partial charge on any atom is -0.481 e. The predicted molar refractivity (Wildman–Crippen MR) is 85.2 cm³/mol. The van der Waals surface area contributed by atoms with Gasteiger partial charge in [-0.05, 0) is 17.0 Å². The first-order valence-electron chi connectivity index (χ1n) is 7.64. The molecule has 0 amide bonds. The van der Waals surface area contributed by atoms with Gasteiger partial charge in [-0.15, -0.1) is 0 Å². The number of carbonyl (C=O) groups is 2. The molecule has 118 valence electrons. The van der Waals surface area contributed by atoms with E-state index in [2.05, 4.69) is 0 Å². The van der Waals surface area contributed by atoms with Crippen LogP contribution in [0.25, 0.3) is 0 Å². The maximum atomic E-state index is 11.8. The molecular formula is C19H18O4. The number of aliphatic carboxylic acids is 2. The molecule has 0 spiro atoms. The van der Waals surface area contributed by atoms with Gasteiger partial charge < -0.3 is 10.2 Å². The number of hydrogen-bond acceptors (Lipinski definition) is 2. The van der Waals surface area contributed by atoms with E-state index < -0.39 is 17.9 Å². The van der Waals surface area contributed by atoms with Crippen LogP contribution in [0.4, 0.5) is 0 Å². The molecular weight excluding hydrogens is 292 g/mol. The Hall–Kier alpha value is -2.62. The van der Waals surface area contributed by atoms with Crippen molar-refractivity contribution in [2.75, 3.05) is 0 Å². The lowest BCUT2D eigenvalue weighted by Crippen LogP contribution is -2.48. The fourth-order valence-electron chi connectivity index (χ4n) is 3.86. The second-order valence-electron chi connectivity index (χ2n) is 6.00. The Morgan fingerprint density at radius 3 is 1.57 bits per heavy atom. The highest BCUT2D eigenvalue weighted by atomic mass is 16.4. The molecule has 4 heteroatoms. The first-order chi connectivity index (χ1) is 11.1. The number of hydrogen-bond donors (Lipinski definition) is 2. The van der Waals surface area contributed by atoms with E-state index in [1.54, 1.807) is 0 Å². The number of benzene rings is 2. The van der Waals surface area contributed by atoms with Crippen molar-refractivity contribution in [2.45, 2.75) is 18.3 Å². The first kappa shape index (κ1) is 15.3. The summed E-state index contributed by atoms with van der Waals surface area (Å²) in [5.74, 6) is -3.09. The summed E-state index contributed by atoms with van der Waals surface area (Å²) < 4.78 is 0. The fraction of sp³-hybridized carbons (Fsp3) is 0.263. The standard InChI is InChI=1S/C19H18O4/c20-15(21)11-14-16(12-7-3-1-4-8-12)18(19(22)23)17(14)13-9-5-2-6-10-13/h1-10,14,16-18H,11H2,(H,20,21)(H,22,23). The van der Waals surface area contributed by atoms with Crippen molar-refractivity contribution >= 4 is 11.9 Å². The number of carboxylic acids is 2. The summed E-state index contributed by atoms with van der Waals surface area (Å²) in [7, 11) is 0. The Bertz CT molecular complexity index is 648. The lowest BCUT2D eigenvalue weighted by Gasteiger charge is -2.50. The van der Waals surface area contributed by atoms with Crippen LogP contribution in [0.2, 0.25) is 0 Å². The second-order valence-corrected chi connectivity index (χ2v) is 6.00. The topological polar surface area (TPSA) is 74.6 Å². The summed E-state index contributed by atoms with van der Waals surface area (Å²) in [5, 5.41) is 19.0. The third kappa shape index (κ3) is 2.84. The SMILES string of the molecule is O=C(O)CC1C(c2ccccc2)C(C(=O)O)C1c1ccccc1. The average Bonchev–Trinajstić information content (AvgIpc) is 2.52. The van der Waals surface area contributed by atoms with Crippen molar-refractivity contribution in [3.05, 3.63) is 71.8 Å². The van der Waals surface area contributed by atoms with Crippen LogP contribution in [0.15, 0.2) is 60.7 Å². The molecule has 4 nitrogen and oxygen atoms in total. The predicted octanol–water partition coefficient (Wildman–Crippen LogP) is 3.36. The molecule has 2 N–H and O–H groups in total. The second kappa shape index (κ2) is 6.24. The largest absolute Gasteiger partial charge is 0.481 e. The van der Waals surface area contributed by atoms with Gasteiger partial charge in [0.15, 0.2) is 0 Å². The molecule has 0 radical (unpaired) electrons. The zero-order valence-electron chi connectivity index (χ0n) is 12.5. The molecule has 2 aromatic carbocycles. The van der Waals surface area contributed by atoms with Crippen LogP contribution in [0.3, 0.4) is 0 Å². The first-order valence-corrected chi connectivity index (χ1v) is 7.64. The van der Waals surface area contributed by atoms with Crippen molar-refractivity contribution < 1.29 is 19.8 Å². The van der Waals surface area contributed by atoms with E-state index in [-0.39, 0.29) is 24.2 Å². The third-order valence-corrected chi connectivity index (χ3v) is 4.76. The van der Waals surface area contributed by atoms with E-state index >= 15 is 0 Å². The molecule has 1 fully saturated rings. The van der Waals surface area contributed by atoms with Gasteiger partial charge in [0.1, 0.15) is 0 Å². The van der Waals surface area contributed by atoms with Crippen molar-refractivity contribution in [1.29, 1.82) is 0 Å². The van der Waals surface area contributed by atoms with E-state index in [0.29, 0.717) is 0 Å². The van der Waals surface area contributed by atoms with Crippen LogP contribution >= 0.6 is 0 Å². The maximum absolute atomic E-state index is 11.8. The summed E-state index contributed by atoms with van der Waals surface area (Å²) >= 11 is 0. The zero-order valence-corrected chi connectivity index (χ0v) is 12.5. The Kier molecular flexibility index (Phi) is 4.15. The van der Waals surface area contributed by atoms with Crippen LogP contribution < -0.4 is 0 Å². The Labute approximate surface area is 134 Å². The van der Waals surface area contributed by atoms with Crippen molar-refractivity contribution in [3.8, 4) is 0 Å². The minimum atomic E-state index is -0.888. The molecule has 2 atom stereocenters. The molecule has 0 saturated heterocycles. The molecule has 3 rings (SSSR count). The van der Waals surface area contributed by atoms with Crippen molar-refractivity contribution in [2.24, 2.45) is 11.8 Å². The van der Waals surface area contributed by atoms with Gasteiger partial charge in [-0.3, -0.25) is 9.59 Å². The van der Waals surface area contributed by atoms with Crippen LogP contribution in [0.5, 0.6) is 0 Å².